The largest absolute Gasteiger partial charge is 0.394 e. The molecule has 29 heavy (non-hydrogen) atoms. The van der Waals surface area contributed by atoms with E-state index in [-0.39, 0.29) is 12.1 Å². The first-order chi connectivity index (χ1) is 14.2. The van der Waals surface area contributed by atoms with Crippen LogP contribution in [-0.4, -0.2) is 50.3 Å². The number of aliphatic hydroxyl groups excluding tert-OH is 1. The van der Waals surface area contributed by atoms with Crippen molar-refractivity contribution in [3.63, 3.8) is 0 Å². The van der Waals surface area contributed by atoms with E-state index in [2.05, 4.69) is 20.2 Å². The standard InChI is InChI=1S/C20H23ClN6OS/c21-14-10-22-17(23-11-14)13-2-7-27(8-3-13)19-24-15-4-9-29-16(15)18(25-19)26-20(12-28)5-1-6-20/h4,9-11,13,28H,1-3,5-8,12H2,(H,24,25,26). The van der Waals surface area contributed by atoms with E-state index in [1.54, 1.807) is 23.7 Å². The second kappa shape index (κ2) is 7.66. The second-order valence-corrected chi connectivity index (χ2v) is 9.30. The average Bonchev–Trinajstić information content (AvgIpc) is 3.20. The van der Waals surface area contributed by atoms with Crippen LogP contribution in [0, 0.1) is 0 Å². The Morgan fingerprint density at radius 1 is 1.21 bits per heavy atom. The first kappa shape index (κ1) is 19.0. The molecule has 2 fully saturated rings. The minimum absolute atomic E-state index is 0.131. The summed E-state index contributed by atoms with van der Waals surface area (Å²) in [4.78, 5) is 20.7. The zero-order chi connectivity index (χ0) is 19.8. The van der Waals surface area contributed by atoms with Crippen molar-refractivity contribution in [3.05, 3.63) is 34.7 Å². The summed E-state index contributed by atoms with van der Waals surface area (Å²) in [7, 11) is 0. The van der Waals surface area contributed by atoms with Crippen LogP contribution in [0.15, 0.2) is 23.8 Å². The quantitative estimate of drug-likeness (QED) is 0.635. The zero-order valence-corrected chi connectivity index (χ0v) is 17.6. The van der Waals surface area contributed by atoms with E-state index < -0.39 is 0 Å². The van der Waals surface area contributed by atoms with Crippen LogP contribution in [0.25, 0.3) is 10.2 Å². The smallest absolute Gasteiger partial charge is 0.227 e. The molecule has 0 atom stereocenters. The van der Waals surface area contributed by atoms with E-state index in [1.165, 1.54) is 0 Å². The van der Waals surface area contributed by atoms with Gasteiger partial charge in [-0.05, 0) is 43.6 Å². The van der Waals surface area contributed by atoms with Gasteiger partial charge in [-0.3, -0.25) is 0 Å². The maximum atomic E-state index is 9.86. The van der Waals surface area contributed by atoms with Crippen molar-refractivity contribution in [3.8, 4) is 0 Å². The summed E-state index contributed by atoms with van der Waals surface area (Å²) in [5.41, 5.74) is 0.722. The number of fused-ring (bicyclic) bond motifs is 1. The third kappa shape index (κ3) is 3.65. The molecule has 1 saturated heterocycles. The molecule has 4 heterocycles. The third-order valence-corrected chi connectivity index (χ3v) is 7.18. The average molecular weight is 431 g/mol. The van der Waals surface area contributed by atoms with Crippen molar-refractivity contribution in [1.82, 2.24) is 19.9 Å². The molecule has 0 bridgehead atoms. The number of nitrogens with zero attached hydrogens (tertiary/aromatic N) is 5. The molecule has 2 aliphatic rings. The van der Waals surface area contributed by atoms with Gasteiger partial charge in [-0.1, -0.05) is 11.6 Å². The van der Waals surface area contributed by atoms with E-state index in [4.69, 9.17) is 21.6 Å². The lowest BCUT2D eigenvalue weighted by molar-refractivity contribution is 0.144. The monoisotopic (exact) mass is 430 g/mol. The Morgan fingerprint density at radius 2 is 1.97 bits per heavy atom. The number of thiophene rings is 1. The van der Waals surface area contributed by atoms with Crippen LogP contribution in [0.5, 0.6) is 0 Å². The highest BCUT2D eigenvalue weighted by Gasteiger charge is 2.37. The molecule has 3 aromatic rings. The van der Waals surface area contributed by atoms with Gasteiger partial charge in [0.2, 0.25) is 5.95 Å². The second-order valence-electron chi connectivity index (χ2n) is 7.94. The van der Waals surface area contributed by atoms with Crippen molar-refractivity contribution in [2.45, 2.75) is 43.6 Å². The molecule has 0 radical (unpaired) electrons. The summed E-state index contributed by atoms with van der Waals surface area (Å²) in [6, 6.07) is 2.04. The summed E-state index contributed by atoms with van der Waals surface area (Å²) in [6.07, 6.45) is 8.33. The van der Waals surface area contributed by atoms with Crippen LogP contribution < -0.4 is 10.2 Å². The Hall–Kier alpha value is -2.03. The van der Waals surface area contributed by atoms with E-state index in [9.17, 15) is 5.11 Å². The van der Waals surface area contributed by atoms with Crippen molar-refractivity contribution in [2.24, 2.45) is 0 Å². The first-order valence-electron chi connectivity index (χ1n) is 10.0. The van der Waals surface area contributed by atoms with E-state index in [0.717, 1.165) is 73.0 Å². The molecule has 152 valence electrons. The van der Waals surface area contributed by atoms with Gasteiger partial charge in [0, 0.05) is 31.4 Å². The Balaban J connectivity index is 1.36. The van der Waals surface area contributed by atoms with Crippen LogP contribution in [0.2, 0.25) is 5.02 Å². The first-order valence-corrected chi connectivity index (χ1v) is 11.3. The normalized spacial score (nSPS) is 19.3. The Labute approximate surface area is 178 Å². The highest BCUT2D eigenvalue weighted by molar-refractivity contribution is 7.17. The predicted octanol–water partition coefficient (Wildman–Crippen LogP) is 3.85. The SMILES string of the molecule is OCC1(Nc2nc(N3CCC(c4ncc(Cl)cn4)CC3)nc3ccsc23)CCC1. The number of anilines is 2. The number of hydrogen-bond donors (Lipinski definition) is 2. The summed E-state index contributed by atoms with van der Waals surface area (Å²) in [5.74, 6) is 2.79. The molecule has 1 saturated carbocycles. The van der Waals surface area contributed by atoms with Crippen LogP contribution in [-0.2, 0) is 0 Å². The molecule has 2 N–H and O–H groups in total. The minimum atomic E-state index is -0.235. The fourth-order valence-electron chi connectivity index (χ4n) is 4.13. The van der Waals surface area contributed by atoms with Gasteiger partial charge in [0.05, 0.1) is 27.4 Å². The number of aromatic nitrogens is 4. The predicted molar refractivity (Wildman–Crippen MR) is 116 cm³/mol. The van der Waals surface area contributed by atoms with Crippen molar-refractivity contribution < 1.29 is 5.11 Å². The van der Waals surface area contributed by atoms with Gasteiger partial charge < -0.3 is 15.3 Å². The lowest BCUT2D eigenvalue weighted by atomic mass is 9.77. The van der Waals surface area contributed by atoms with E-state index >= 15 is 0 Å². The number of hydrogen-bond acceptors (Lipinski definition) is 8. The van der Waals surface area contributed by atoms with Crippen LogP contribution in [0.1, 0.15) is 43.8 Å². The molecule has 7 nitrogen and oxygen atoms in total. The number of halogens is 1. The minimum Gasteiger partial charge on any atom is -0.394 e. The lowest BCUT2D eigenvalue weighted by Gasteiger charge is -2.41. The van der Waals surface area contributed by atoms with Gasteiger partial charge in [-0.25, -0.2) is 15.0 Å². The third-order valence-electron chi connectivity index (χ3n) is 6.07. The molecule has 1 aliphatic heterocycles. The van der Waals surface area contributed by atoms with Crippen LogP contribution in [0.3, 0.4) is 0 Å². The summed E-state index contributed by atoms with van der Waals surface area (Å²) >= 11 is 7.55. The molecular formula is C20H23ClN6OS. The lowest BCUT2D eigenvalue weighted by Crippen LogP contribution is -2.48. The van der Waals surface area contributed by atoms with Crippen molar-refractivity contribution in [1.29, 1.82) is 0 Å². The molecule has 1 aliphatic carbocycles. The fraction of sp³-hybridized carbons (Fsp3) is 0.500. The Kier molecular flexibility index (Phi) is 5.01. The highest BCUT2D eigenvalue weighted by Crippen LogP contribution is 2.38. The Morgan fingerprint density at radius 3 is 2.62 bits per heavy atom. The van der Waals surface area contributed by atoms with Gasteiger partial charge in [-0.15, -0.1) is 11.3 Å². The summed E-state index contributed by atoms with van der Waals surface area (Å²) in [6.45, 7) is 1.85. The maximum Gasteiger partial charge on any atom is 0.227 e. The van der Waals surface area contributed by atoms with Gasteiger partial charge >= 0.3 is 0 Å². The van der Waals surface area contributed by atoms with E-state index in [0.29, 0.717) is 10.9 Å². The number of rotatable bonds is 5. The zero-order valence-electron chi connectivity index (χ0n) is 16.0. The van der Waals surface area contributed by atoms with Gasteiger partial charge in [0.15, 0.2) is 0 Å². The fourth-order valence-corrected chi connectivity index (χ4v) is 5.00. The van der Waals surface area contributed by atoms with Gasteiger partial charge in [0.1, 0.15) is 11.6 Å². The van der Waals surface area contributed by atoms with Crippen molar-refractivity contribution in [2.75, 3.05) is 29.9 Å². The molecule has 9 heteroatoms. The highest BCUT2D eigenvalue weighted by atomic mass is 35.5. The Bertz CT molecular complexity index is 992. The molecule has 5 rings (SSSR count). The van der Waals surface area contributed by atoms with Crippen molar-refractivity contribution >= 4 is 44.9 Å². The summed E-state index contributed by atoms with van der Waals surface area (Å²) in [5, 5.41) is 16.0. The molecular weight excluding hydrogens is 408 g/mol. The molecule has 0 unspecified atom stereocenters. The van der Waals surface area contributed by atoms with Crippen LogP contribution >= 0.6 is 22.9 Å². The van der Waals surface area contributed by atoms with Gasteiger partial charge in [-0.2, -0.15) is 4.98 Å². The maximum absolute atomic E-state index is 9.86. The number of piperidine rings is 1. The number of aliphatic hydroxyl groups is 1. The number of nitrogens with one attached hydrogen (secondary N) is 1. The molecule has 0 aromatic carbocycles. The van der Waals surface area contributed by atoms with Crippen LogP contribution in [0.4, 0.5) is 11.8 Å². The molecule has 0 spiro atoms. The summed E-state index contributed by atoms with van der Waals surface area (Å²) < 4.78 is 1.05. The van der Waals surface area contributed by atoms with E-state index in [1.807, 2.05) is 11.4 Å². The topological polar surface area (TPSA) is 87.1 Å². The molecule has 3 aromatic heterocycles. The molecule has 0 amide bonds. The van der Waals surface area contributed by atoms with Gasteiger partial charge in [0.25, 0.3) is 0 Å².